The summed E-state index contributed by atoms with van der Waals surface area (Å²) in [5.41, 5.74) is 3.04. The number of aromatic nitrogens is 2. The van der Waals surface area contributed by atoms with Gasteiger partial charge in [0.15, 0.2) is 0 Å². The van der Waals surface area contributed by atoms with Crippen molar-refractivity contribution in [1.82, 2.24) is 9.55 Å². The molecule has 3 rings (SSSR count). The first-order valence-electron chi connectivity index (χ1n) is 9.68. The number of hydrogen-bond donors (Lipinski definition) is 1. The van der Waals surface area contributed by atoms with Crippen molar-refractivity contribution in [3.05, 3.63) is 76.8 Å². The van der Waals surface area contributed by atoms with Crippen LogP contribution in [0.15, 0.2) is 65.7 Å². The van der Waals surface area contributed by atoms with E-state index in [0.29, 0.717) is 11.4 Å². The number of unbranched alkanes of at least 4 members (excludes halogenated alkanes) is 1. The highest BCUT2D eigenvalue weighted by atomic mass is 16.5. The minimum atomic E-state index is -0.282. The number of hydrogen-bond acceptors (Lipinski definition) is 4. The van der Waals surface area contributed by atoms with E-state index >= 15 is 0 Å². The molecule has 0 spiro atoms. The normalized spacial score (nSPS) is 10.6. The Morgan fingerprint density at radius 1 is 1.10 bits per heavy atom. The van der Waals surface area contributed by atoms with Crippen LogP contribution in [0.5, 0.6) is 5.75 Å². The second-order valence-electron chi connectivity index (χ2n) is 6.82. The molecule has 2 aromatic carbocycles. The molecule has 1 N–H and O–H groups in total. The monoisotopic (exact) mass is 391 g/mol. The number of anilines is 1. The minimum Gasteiger partial charge on any atom is -0.497 e. The average molecular weight is 391 g/mol. The van der Waals surface area contributed by atoms with E-state index in [-0.39, 0.29) is 18.0 Å². The molecule has 0 saturated carbocycles. The lowest BCUT2D eigenvalue weighted by atomic mass is 10.1. The molecule has 6 nitrogen and oxygen atoms in total. The Bertz CT molecular complexity index is 1010. The number of methoxy groups -OCH3 is 1. The van der Waals surface area contributed by atoms with E-state index in [4.69, 9.17) is 4.74 Å². The Labute approximate surface area is 170 Å². The number of carbonyl (C=O) groups excluding carboxylic acids is 1. The number of nitrogens with one attached hydrogen (secondary N) is 1. The summed E-state index contributed by atoms with van der Waals surface area (Å²) in [5.74, 6) is 0.463. The Hall–Kier alpha value is -3.41. The highest BCUT2D eigenvalue weighted by Gasteiger charge is 2.08. The van der Waals surface area contributed by atoms with Gasteiger partial charge in [-0.1, -0.05) is 25.5 Å². The van der Waals surface area contributed by atoms with E-state index in [1.54, 1.807) is 7.11 Å². The average Bonchev–Trinajstić information content (AvgIpc) is 2.75. The van der Waals surface area contributed by atoms with E-state index in [0.717, 1.165) is 30.6 Å². The summed E-state index contributed by atoms with van der Waals surface area (Å²) in [6.45, 7) is 2.07. The zero-order valence-electron chi connectivity index (χ0n) is 16.7. The van der Waals surface area contributed by atoms with E-state index in [1.165, 1.54) is 22.5 Å². The van der Waals surface area contributed by atoms with Gasteiger partial charge in [0.25, 0.3) is 5.56 Å². The summed E-state index contributed by atoms with van der Waals surface area (Å²) in [6, 6.07) is 16.5. The molecular formula is C23H25N3O3. The maximum absolute atomic E-state index is 12.4. The van der Waals surface area contributed by atoms with Crippen LogP contribution < -0.4 is 15.6 Å². The first kappa shape index (κ1) is 20.3. The standard InChI is InChI=1S/C23H25N3O3/c1-3-4-5-17-6-10-19(11-7-17)25-22(27)15-26-16-24-21(14-23(26)28)18-8-12-20(29-2)13-9-18/h6-14,16H,3-5,15H2,1-2H3,(H,25,27). The molecule has 1 heterocycles. The van der Waals surface area contributed by atoms with E-state index in [2.05, 4.69) is 17.2 Å². The summed E-state index contributed by atoms with van der Waals surface area (Å²) < 4.78 is 6.42. The van der Waals surface area contributed by atoms with Gasteiger partial charge in [0.05, 0.1) is 19.1 Å². The predicted octanol–water partition coefficient (Wildman–Crippen LogP) is 3.90. The van der Waals surface area contributed by atoms with Crippen molar-refractivity contribution in [3.63, 3.8) is 0 Å². The molecule has 0 bridgehead atoms. The number of benzene rings is 2. The van der Waals surface area contributed by atoms with Crippen LogP contribution in [0.3, 0.4) is 0 Å². The molecule has 1 amide bonds. The molecule has 0 radical (unpaired) electrons. The largest absolute Gasteiger partial charge is 0.497 e. The summed E-state index contributed by atoms with van der Waals surface area (Å²) in [7, 11) is 1.60. The van der Waals surface area contributed by atoms with Gasteiger partial charge in [0, 0.05) is 17.3 Å². The van der Waals surface area contributed by atoms with E-state index < -0.39 is 0 Å². The van der Waals surface area contributed by atoms with Crippen molar-refractivity contribution in [2.24, 2.45) is 0 Å². The molecular weight excluding hydrogens is 366 g/mol. The van der Waals surface area contributed by atoms with Gasteiger partial charge in [-0.25, -0.2) is 4.98 Å². The number of aryl methyl sites for hydroxylation is 1. The smallest absolute Gasteiger partial charge is 0.254 e. The molecule has 0 aliphatic heterocycles. The van der Waals surface area contributed by atoms with Crippen molar-refractivity contribution < 1.29 is 9.53 Å². The molecule has 0 atom stereocenters. The second kappa shape index (κ2) is 9.68. The van der Waals surface area contributed by atoms with Crippen LogP contribution in [0.1, 0.15) is 25.3 Å². The third-order valence-electron chi connectivity index (χ3n) is 4.64. The van der Waals surface area contributed by atoms with Gasteiger partial charge >= 0.3 is 0 Å². The van der Waals surface area contributed by atoms with Crippen molar-refractivity contribution >= 4 is 11.6 Å². The van der Waals surface area contributed by atoms with Crippen molar-refractivity contribution in [3.8, 4) is 17.0 Å². The van der Waals surface area contributed by atoms with Gasteiger partial charge in [-0.05, 0) is 54.8 Å². The molecule has 0 saturated heterocycles. The van der Waals surface area contributed by atoms with Gasteiger partial charge in [-0.3, -0.25) is 14.2 Å². The molecule has 1 aromatic heterocycles. The molecule has 0 aliphatic carbocycles. The minimum absolute atomic E-state index is 0.0910. The van der Waals surface area contributed by atoms with Crippen molar-refractivity contribution in [1.29, 1.82) is 0 Å². The molecule has 0 unspecified atom stereocenters. The number of rotatable bonds is 8. The third kappa shape index (κ3) is 5.54. The predicted molar refractivity (Wildman–Crippen MR) is 114 cm³/mol. The first-order valence-corrected chi connectivity index (χ1v) is 9.68. The van der Waals surface area contributed by atoms with Gasteiger partial charge in [-0.15, -0.1) is 0 Å². The lowest BCUT2D eigenvalue weighted by Crippen LogP contribution is -2.27. The maximum Gasteiger partial charge on any atom is 0.254 e. The number of amides is 1. The van der Waals surface area contributed by atoms with Crippen LogP contribution in [0.2, 0.25) is 0 Å². The fourth-order valence-corrected chi connectivity index (χ4v) is 2.96. The highest BCUT2D eigenvalue weighted by molar-refractivity contribution is 5.90. The summed E-state index contributed by atoms with van der Waals surface area (Å²) in [6.07, 6.45) is 4.73. The number of carbonyl (C=O) groups is 1. The molecule has 0 aliphatic rings. The van der Waals surface area contributed by atoms with Crippen LogP contribution >= 0.6 is 0 Å². The highest BCUT2D eigenvalue weighted by Crippen LogP contribution is 2.19. The second-order valence-corrected chi connectivity index (χ2v) is 6.82. The fourth-order valence-electron chi connectivity index (χ4n) is 2.96. The van der Waals surface area contributed by atoms with Crippen LogP contribution in [0, 0.1) is 0 Å². The molecule has 29 heavy (non-hydrogen) atoms. The van der Waals surface area contributed by atoms with Gasteiger partial charge in [0.1, 0.15) is 12.3 Å². The molecule has 150 valence electrons. The van der Waals surface area contributed by atoms with Crippen molar-refractivity contribution in [2.75, 3.05) is 12.4 Å². The Kier molecular flexibility index (Phi) is 6.79. The summed E-state index contributed by atoms with van der Waals surface area (Å²) in [4.78, 5) is 29.0. The fraction of sp³-hybridized carbons (Fsp3) is 0.261. The molecule has 6 heteroatoms. The van der Waals surface area contributed by atoms with E-state index in [9.17, 15) is 9.59 Å². The number of ether oxygens (including phenoxy) is 1. The Balaban J connectivity index is 1.63. The van der Waals surface area contributed by atoms with Crippen LogP contribution in [-0.2, 0) is 17.8 Å². The lowest BCUT2D eigenvalue weighted by Gasteiger charge is -2.09. The van der Waals surface area contributed by atoms with Crippen LogP contribution in [0.25, 0.3) is 11.3 Å². The number of nitrogens with zero attached hydrogens (tertiary/aromatic N) is 2. The first-order chi connectivity index (χ1) is 14.1. The van der Waals surface area contributed by atoms with Gasteiger partial charge < -0.3 is 10.1 Å². The SMILES string of the molecule is CCCCc1ccc(NC(=O)Cn2cnc(-c3ccc(OC)cc3)cc2=O)cc1. The molecule has 3 aromatic rings. The zero-order valence-corrected chi connectivity index (χ0v) is 16.7. The van der Waals surface area contributed by atoms with Gasteiger partial charge in [0.2, 0.25) is 5.91 Å². The Morgan fingerprint density at radius 2 is 1.83 bits per heavy atom. The van der Waals surface area contributed by atoms with Gasteiger partial charge in [-0.2, -0.15) is 0 Å². The summed E-state index contributed by atoms with van der Waals surface area (Å²) >= 11 is 0. The summed E-state index contributed by atoms with van der Waals surface area (Å²) in [5, 5.41) is 2.82. The topological polar surface area (TPSA) is 73.2 Å². The van der Waals surface area contributed by atoms with Crippen molar-refractivity contribution in [2.45, 2.75) is 32.7 Å². The quantitative estimate of drug-likeness (QED) is 0.632. The third-order valence-corrected chi connectivity index (χ3v) is 4.64. The zero-order chi connectivity index (χ0) is 20.6. The maximum atomic E-state index is 12.4. The van der Waals surface area contributed by atoms with E-state index in [1.807, 2.05) is 48.5 Å². The lowest BCUT2D eigenvalue weighted by molar-refractivity contribution is -0.116. The van der Waals surface area contributed by atoms with Crippen LogP contribution in [-0.4, -0.2) is 22.6 Å². The van der Waals surface area contributed by atoms with Crippen LogP contribution in [0.4, 0.5) is 5.69 Å². The molecule has 0 fully saturated rings. The Morgan fingerprint density at radius 3 is 2.45 bits per heavy atom.